The van der Waals surface area contributed by atoms with Crippen LogP contribution in [0.15, 0.2) is 0 Å². The highest BCUT2D eigenvalue weighted by Crippen LogP contribution is 2.27. The number of aliphatic carboxylic acids is 2. The van der Waals surface area contributed by atoms with Gasteiger partial charge in [0.25, 0.3) is 0 Å². The van der Waals surface area contributed by atoms with Gasteiger partial charge >= 0.3 is 11.9 Å². The van der Waals surface area contributed by atoms with Crippen LogP contribution in [0.5, 0.6) is 0 Å². The van der Waals surface area contributed by atoms with Crippen LogP contribution in [0.3, 0.4) is 0 Å². The Bertz CT molecular complexity index is 1600. The molecular weight excluding hydrogens is 945 g/mol. The molecule has 7 N–H and O–H groups in total. The lowest BCUT2D eigenvalue weighted by molar-refractivity contribution is -0.142. The molecule has 19 heteroatoms. The number of Topliss-reactive ketones (excluding diaryl/α,β-unsaturated/α-hetero) is 3. The van der Waals surface area contributed by atoms with E-state index in [1.807, 2.05) is 34.6 Å². The molecule has 4 amide bonds. The van der Waals surface area contributed by atoms with Gasteiger partial charge in [-0.1, -0.05) is 118 Å². The van der Waals surface area contributed by atoms with Crippen molar-refractivity contribution in [1.29, 1.82) is 0 Å². The molecule has 0 saturated carbocycles. The van der Waals surface area contributed by atoms with Gasteiger partial charge in [-0.2, -0.15) is 0 Å². The standard InChI is InChI=1S/C54H96N4O15.2H2/c1-41(2)44(52(55)67)38-46(60)42(37-47(61)54(3,4)5)23-20-21-29-56-49(63)39-73-36-34-71-32-30-57-50(64)40-72-35-33-70-31-22-24-43(59)27-28-45(53(68)69)58-48(62)25-18-16-14-12-10-8-6-7-9-11-13-15-17-19-26-51(65)66;;/h41-42,44-45H,6-40H2,1-5H3,(H2,55,67)(H,56,63)(H,57,64)(H,58,62)(H,65,66)(H,68,69);2*1H/t42-,44+,45?;;/m1../s1. The molecule has 0 aliphatic carbocycles. The third kappa shape index (κ3) is 41.7. The van der Waals surface area contributed by atoms with Crippen LogP contribution in [-0.2, 0) is 62.1 Å². The number of ketones is 3. The summed E-state index contributed by atoms with van der Waals surface area (Å²) in [6, 6.07) is -1.11. The molecule has 0 aromatic rings. The first-order valence-corrected chi connectivity index (χ1v) is 27.2. The minimum atomic E-state index is -1.17. The maximum atomic E-state index is 13.2. The Hall–Kier alpha value is -4.33. The topological polar surface area (TPSA) is 293 Å². The van der Waals surface area contributed by atoms with E-state index in [1.165, 1.54) is 44.9 Å². The molecular formula is C54H100N4O15. The van der Waals surface area contributed by atoms with Gasteiger partial charge in [0.15, 0.2) is 0 Å². The fraction of sp³-hybridized carbons (Fsp3) is 0.833. The number of hydrogen-bond acceptors (Lipinski definition) is 13. The van der Waals surface area contributed by atoms with Crippen LogP contribution < -0.4 is 21.7 Å². The Morgan fingerprint density at radius 2 is 1.01 bits per heavy atom. The zero-order chi connectivity index (χ0) is 54.7. The number of rotatable bonds is 51. The smallest absolute Gasteiger partial charge is 0.326 e. The van der Waals surface area contributed by atoms with E-state index in [2.05, 4.69) is 16.0 Å². The monoisotopic (exact) mass is 1040 g/mol. The van der Waals surface area contributed by atoms with Crippen LogP contribution >= 0.6 is 0 Å². The van der Waals surface area contributed by atoms with Gasteiger partial charge in [-0.3, -0.25) is 38.4 Å². The van der Waals surface area contributed by atoms with E-state index in [0.29, 0.717) is 45.3 Å². The van der Waals surface area contributed by atoms with Gasteiger partial charge in [-0.05, 0) is 44.4 Å². The molecule has 0 radical (unpaired) electrons. The van der Waals surface area contributed by atoms with Gasteiger partial charge in [-0.25, -0.2) is 4.79 Å². The Balaban J connectivity index is -0.0000259. The Labute approximate surface area is 439 Å². The Kier molecular flexibility index (Phi) is 41.4. The molecule has 0 aliphatic heterocycles. The Morgan fingerprint density at radius 1 is 0.521 bits per heavy atom. The van der Waals surface area contributed by atoms with E-state index < -0.39 is 41.1 Å². The van der Waals surface area contributed by atoms with Crippen LogP contribution in [0, 0.1) is 23.2 Å². The Morgan fingerprint density at radius 3 is 1.51 bits per heavy atom. The van der Waals surface area contributed by atoms with Crippen LogP contribution in [-0.4, -0.2) is 135 Å². The zero-order valence-electron chi connectivity index (χ0n) is 45.3. The second-order valence-corrected chi connectivity index (χ2v) is 20.5. The van der Waals surface area contributed by atoms with Crippen LogP contribution in [0.2, 0.25) is 0 Å². The van der Waals surface area contributed by atoms with Gasteiger partial charge < -0.3 is 50.8 Å². The summed E-state index contributed by atoms with van der Waals surface area (Å²) in [5.41, 5.74) is 4.93. The van der Waals surface area contributed by atoms with E-state index in [-0.39, 0.29) is 142 Å². The third-order valence-electron chi connectivity index (χ3n) is 12.5. The summed E-state index contributed by atoms with van der Waals surface area (Å²) >= 11 is 0. The minimum absolute atomic E-state index is 0. The molecule has 0 heterocycles. The number of carbonyl (C=O) groups is 9. The summed E-state index contributed by atoms with van der Waals surface area (Å²) in [7, 11) is 0. The predicted molar refractivity (Wildman–Crippen MR) is 282 cm³/mol. The van der Waals surface area contributed by atoms with Crippen LogP contribution in [0.25, 0.3) is 0 Å². The second kappa shape index (κ2) is 44.0. The van der Waals surface area contributed by atoms with Crippen molar-refractivity contribution in [3.63, 3.8) is 0 Å². The zero-order valence-corrected chi connectivity index (χ0v) is 45.3. The molecule has 0 saturated heterocycles. The van der Waals surface area contributed by atoms with Crippen molar-refractivity contribution < 1.29 is 75.2 Å². The summed E-state index contributed by atoms with van der Waals surface area (Å²) in [4.78, 5) is 109. The number of carboxylic acids is 2. The first-order valence-electron chi connectivity index (χ1n) is 27.2. The van der Waals surface area contributed by atoms with Crippen molar-refractivity contribution >= 4 is 52.9 Å². The van der Waals surface area contributed by atoms with Crippen molar-refractivity contribution in [2.75, 3.05) is 65.9 Å². The van der Waals surface area contributed by atoms with Crippen molar-refractivity contribution in [1.82, 2.24) is 16.0 Å². The maximum absolute atomic E-state index is 13.2. The number of nitrogens with one attached hydrogen (secondary N) is 3. The summed E-state index contributed by atoms with van der Waals surface area (Å²) in [5, 5.41) is 26.2. The molecule has 73 heavy (non-hydrogen) atoms. The fourth-order valence-electron chi connectivity index (χ4n) is 7.84. The third-order valence-corrected chi connectivity index (χ3v) is 12.5. The second-order valence-electron chi connectivity index (χ2n) is 20.5. The minimum Gasteiger partial charge on any atom is -0.481 e. The van der Waals surface area contributed by atoms with E-state index in [1.54, 1.807) is 0 Å². The molecule has 1 unspecified atom stereocenters. The molecule has 0 aliphatic rings. The first-order chi connectivity index (χ1) is 34.7. The highest BCUT2D eigenvalue weighted by molar-refractivity contribution is 5.92. The number of ether oxygens (including phenoxy) is 4. The molecule has 0 bridgehead atoms. The summed E-state index contributed by atoms with van der Waals surface area (Å²) in [6.45, 7) is 10.7. The van der Waals surface area contributed by atoms with Crippen LogP contribution in [0.4, 0.5) is 0 Å². The lowest BCUT2D eigenvalue weighted by Gasteiger charge is -2.24. The molecule has 0 aromatic heterocycles. The first kappa shape index (κ1) is 68.7. The van der Waals surface area contributed by atoms with E-state index >= 15 is 0 Å². The van der Waals surface area contributed by atoms with E-state index in [9.17, 15) is 48.3 Å². The van der Waals surface area contributed by atoms with E-state index in [0.717, 1.165) is 38.5 Å². The van der Waals surface area contributed by atoms with Gasteiger partial charge in [-0.15, -0.1) is 0 Å². The lowest BCUT2D eigenvalue weighted by Crippen LogP contribution is -2.41. The maximum Gasteiger partial charge on any atom is 0.326 e. The molecule has 0 fully saturated rings. The molecule has 3 atom stereocenters. The normalized spacial score (nSPS) is 12.7. The molecule has 19 nitrogen and oxygen atoms in total. The van der Waals surface area contributed by atoms with Crippen molar-refractivity contribution in [2.45, 2.75) is 201 Å². The average Bonchev–Trinajstić information content (AvgIpc) is 3.32. The average molecular weight is 1050 g/mol. The number of amides is 4. The number of carboxylic acid groups (broad SMARTS) is 2. The predicted octanol–water partition coefficient (Wildman–Crippen LogP) is 7.31. The highest BCUT2D eigenvalue weighted by Gasteiger charge is 2.31. The van der Waals surface area contributed by atoms with Gasteiger partial charge in [0, 0.05) is 78.3 Å². The molecule has 426 valence electrons. The largest absolute Gasteiger partial charge is 0.481 e. The summed E-state index contributed by atoms with van der Waals surface area (Å²) in [6.07, 6.45) is 18.0. The number of hydrogen-bond donors (Lipinski definition) is 6. The van der Waals surface area contributed by atoms with Crippen molar-refractivity contribution in [3.8, 4) is 0 Å². The molecule has 0 spiro atoms. The summed E-state index contributed by atoms with van der Waals surface area (Å²) < 4.78 is 21.6. The van der Waals surface area contributed by atoms with Crippen molar-refractivity contribution in [3.05, 3.63) is 0 Å². The highest BCUT2D eigenvalue weighted by atomic mass is 16.5. The summed E-state index contributed by atoms with van der Waals surface area (Å²) in [5.74, 6) is -4.83. The fourth-order valence-corrected chi connectivity index (χ4v) is 7.84. The number of carbonyl (C=O) groups excluding carboxylic acids is 7. The molecule has 0 aromatic carbocycles. The lowest BCUT2D eigenvalue weighted by atomic mass is 9.79. The van der Waals surface area contributed by atoms with Gasteiger partial charge in [0.2, 0.25) is 23.6 Å². The molecule has 0 rings (SSSR count). The van der Waals surface area contributed by atoms with Gasteiger partial charge in [0.05, 0.1) is 33.0 Å². The van der Waals surface area contributed by atoms with Gasteiger partial charge in [0.1, 0.15) is 36.6 Å². The number of unbranched alkanes of at least 4 members (excludes halogenated alkanes) is 14. The number of nitrogens with two attached hydrogens (primary N) is 1. The number of primary amides is 1. The van der Waals surface area contributed by atoms with Crippen LogP contribution in [0.1, 0.15) is 198 Å². The van der Waals surface area contributed by atoms with Crippen molar-refractivity contribution in [2.24, 2.45) is 28.9 Å². The van der Waals surface area contributed by atoms with E-state index in [4.69, 9.17) is 29.8 Å². The SMILES string of the molecule is CC(C)[C@H](CC(=O)[C@H](CCCCNC(=O)COCCOCCNC(=O)COCCOCCCC(=O)CCC(NC(=O)CCCCCCCCCCCCCCCCC(=O)O)C(=O)O)CC(=O)C(C)(C)C)C(N)=O.[HH].[HH]. The quantitative estimate of drug-likeness (QED) is 0.0326.